The summed E-state index contributed by atoms with van der Waals surface area (Å²) in [4.78, 5) is 22.1. The van der Waals surface area contributed by atoms with Gasteiger partial charge < -0.3 is 9.64 Å². The highest BCUT2D eigenvalue weighted by Crippen LogP contribution is 2.41. The van der Waals surface area contributed by atoms with Gasteiger partial charge in [0.15, 0.2) is 0 Å². The molecule has 0 spiro atoms. The van der Waals surface area contributed by atoms with E-state index in [-0.39, 0.29) is 40.9 Å². The van der Waals surface area contributed by atoms with E-state index in [1.165, 1.54) is 21.3 Å². The van der Waals surface area contributed by atoms with Gasteiger partial charge >= 0.3 is 0 Å². The molecule has 2 aliphatic rings. The minimum Gasteiger partial charge on any atom is -0.490 e. The summed E-state index contributed by atoms with van der Waals surface area (Å²) in [5.41, 5.74) is 1.14. The van der Waals surface area contributed by atoms with Crippen molar-refractivity contribution in [2.24, 2.45) is 0 Å². The second kappa shape index (κ2) is 10.5. The van der Waals surface area contributed by atoms with Crippen LogP contribution >= 0.6 is 0 Å². The van der Waals surface area contributed by atoms with Gasteiger partial charge in [0, 0.05) is 18.3 Å². The maximum absolute atomic E-state index is 13.7. The molecule has 9 nitrogen and oxygen atoms in total. The SMILES string of the molecule is [C-]#[N+]/C(C#N)=C1/C(=O)N(Cc2ccccc2)c2ccc(S(=O)(=O)N3CCC[C@H]3COc3cccnc3)cc21. The van der Waals surface area contributed by atoms with E-state index in [0.29, 0.717) is 30.8 Å². The molecule has 10 heteroatoms. The van der Waals surface area contributed by atoms with Crippen LogP contribution in [0.15, 0.2) is 83.6 Å². The fraction of sp³-hybridized carbons (Fsp3) is 0.214. The van der Waals surface area contributed by atoms with Crippen LogP contribution in [0.5, 0.6) is 5.75 Å². The third-order valence-corrected chi connectivity index (χ3v) is 8.58. The van der Waals surface area contributed by atoms with E-state index in [9.17, 15) is 18.5 Å². The van der Waals surface area contributed by atoms with Crippen molar-refractivity contribution in [3.63, 3.8) is 0 Å². The van der Waals surface area contributed by atoms with Gasteiger partial charge in [0.05, 0.1) is 47.6 Å². The van der Waals surface area contributed by atoms with E-state index in [1.807, 2.05) is 30.3 Å². The molecule has 1 fully saturated rings. The van der Waals surface area contributed by atoms with Gasteiger partial charge in [-0.3, -0.25) is 9.78 Å². The van der Waals surface area contributed by atoms with Crippen LogP contribution in [0.4, 0.5) is 5.69 Å². The summed E-state index contributed by atoms with van der Waals surface area (Å²) in [6.45, 7) is 8.17. The maximum Gasteiger partial charge on any atom is 0.275 e. The van der Waals surface area contributed by atoms with Crippen molar-refractivity contribution in [1.82, 2.24) is 9.29 Å². The smallest absolute Gasteiger partial charge is 0.275 e. The van der Waals surface area contributed by atoms with E-state index in [0.717, 1.165) is 5.56 Å². The van der Waals surface area contributed by atoms with Crippen LogP contribution in [-0.4, -0.2) is 42.8 Å². The number of nitriles is 1. The number of sulfonamides is 1. The predicted molar refractivity (Wildman–Crippen MR) is 140 cm³/mol. The van der Waals surface area contributed by atoms with Crippen molar-refractivity contribution in [2.45, 2.75) is 30.3 Å². The van der Waals surface area contributed by atoms with E-state index in [1.54, 1.807) is 36.7 Å². The molecule has 0 N–H and O–H groups in total. The number of allylic oxidation sites excluding steroid dienone is 1. The summed E-state index contributed by atoms with van der Waals surface area (Å²) in [7, 11) is -3.95. The molecule has 0 unspecified atom stereocenters. The average Bonchev–Trinajstić information content (AvgIpc) is 3.53. The summed E-state index contributed by atoms with van der Waals surface area (Å²) in [6, 6.07) is 18.7. The van der Waals surface area contributed by atoms with Gasteiger partial charge in [-0.25, -0.2) is 18.5 Å². The lowest BCUT2D eigenvalue weighted by Crippen LogP contribution is -2.39. The standard InChI is InChI=1S/C28H23N5O4S/c1-30-25(16-29)27-24-15-23(11-12-26(24)32(28(27)34)18-20-7-3-2-4-8-20)38(35,36)33-14-6-9-21(33)19-37-22-10-5-13-31-17-22/h2-5,7-8,10-13,15,17,21H,6,9,14,18-19H2/b27-25+/t21-/m0/s1. The number of aromatic nitrogens is 1. The lowest BCUT2D eigenvalue weighted by atomic mass is 10.1. The van der Waals surface area contributed by atoms with Crippen molar-refractivity contribution in [1.29, 1.82) is 5.26 Å². The number of pyridine rings is 1. The average molecular weight is 526 g/mol. The fourth-order valence-electron chi connectivity index (χ4n) is 4.81. The van der Waals surface area contributed by atoms with Gasteiger partial charge in [-0.05, 0) is 48.7 Å². The van der Waals surface area contributed by atoms with Crippen molar-refractivity contribution >= 4 is 27.2 Å². The Kier molecular flexibility index (Phi) is 6.93. The zero-order chi connectivity index (χ0) is 26.7. The number of benzene rings is 2. The van der Waals surface area contributed by atoms with Gasteiger partial charge in [0.1, 0.15) is 12.4 Å². The number of hydrogen-bond acceptors (Lipinski definition) is 6. The lowest BCUT2D eigenvalue weighted by molar-refractivity contribution is -0.113. The molecule has 2 aliphatic heterocycles. The lowest BCUT2D eigenvalue weighted by Gasteiger charge is -2.24. The van der Waals surface area contributed by atoms with E-state index >= 15 is 0 Å². The van der Waals surface area contributed by atoms with Crippen LogP contribution in [0.3, 0.4) is 0 Å². The summed E-state index contributed by atoms with van der Waals surface area (Å²) in [6.07, 6.45) is 4.54. The highest BCUT2D eigenvalue weighted by Gasteiger charge is 2.39. The molecule has 3 aromatic rings. The molecule has 190 valence electrons. The van der Waals surface area contributed by atoms with Crippen molar-refractivity contribution in [2.75, 3.05) is 18.1 Å². The minimum absolute atomic E-state index is 0.00124. The highest BCUT2D eigenvalue weighted by molar-refractivity contribution is 7.89. The first-order valence-electron chi connectivity index (χ1n) is 12.0. The summed E-state index contributed by atoms with van der Waals surface area (Å²) in [5, 5.41) is 9.56. The largest absolute Gasteiger partial charge is 0.490 e. The summed E-state index contributed by atoms with van der Waals surface area (Å²) >= 11 is 0. The number of hydrogen-bond donors (Lipinski definition) is 0. The van der Waals surface area contributed by atoms with Gasteiger partial charge in [-0.1, -0.05) is 30.3 Å². The Bertz CT molecular complexity index is 1580. The molecule has 1 saturated heterocycles. The van der Waals surface area contributed by atoms with Crippen LogP contribution in [0, 0.1) is 17.9 Å². The molecule has 3 heterocycles. The normalized spacial score (nSPS) is 18.5. The number of carbonyl (C=O) groups excluding carboxylic acids is 1. The minimum atomic E-state index is -3.95. The molecule has 1 atom stereocenters. The molecule has 1 aromatic heterocycles. The van der Waals surface area contributed by atoms with Crippen molar-refractivity contribution in [3.05, 3.63) is 101 Å². The molecule has 38 heavy (non-hydrogen) atoms. The Morgan fingerprint density at radius 3 is 2.71 bits per heavy atom. The molecule has 0 aliphatic carbocycles. The van der Waals surface area contributed by atoms with E-state index in [4.69, 9.17) is 11.3 Å². The third kappa shape index (κ3) is 4.63. The Morgan fingerprint density at radius 2 is 2.00 bits per heavy atom. The number of carbonyl (C=O) groups is 1. The first-order valence-corrected chi connectivity index (χ1v) is 13.4. The van der Waals surface area contributed by atoms with Crippen molar-refractivity contribution in [3.8, 4) is 11.8 Å². The molecule has 0 saturated carbocycles. The summed E-state index contributed by atoms with van der Waals surface area (Å²) in [5.74, 6) is 0.0547. The molecule has 0 radical (unpaired) electrons. The van der Waals surface area contributed by atoms with Crippen LogP contribution in [0.2, 0.25) is 0 Å². The van der Waals surface area contributed by atoms with Crippen LogP contribution in [0.25, 0.3) is 10.4 Å². The first kappa shape index (κ1) is 25.2. The molecule has 1 amide bonds. The first-order chi connectivity index (χ1) is 18.4. The number of ether oxygens (including phenoxy) is 1. The van der Waals surface area contributed by atoms with Crippen LogP contribution in [0.1, 0.15) is 24.0 Å². The number of anilines is 1. The number of rotatable bonds is 7. The zero-order valence-corrected chi connectivity index (χ0v) is 21.1. The molecule has 0 bridgehead atoms. The van der Waals surface area contributed by atoms with Gasteiger partial charge in [0.25, 0.3) is 5.70 Å². The second-order valence-electron chi connectivity index (χ2n) is 8.91. The number of fused-ring (bicyclic) bond motifs is 1. The van der Waals surface area contributed by atoms with Crippen molar-refractivity contribution < 1.29 is 17.9 Å². The summed E-state index contributed by atoms with van der Waals surface area (Å²) < 4.78 is 34.7. The Labute approximate surface area is 221 Å². The quantitative estimate of drug-likeness (QED) is 0.262. The van der Waals surface area contributed by atoms with E-state index in [2.05, 4.69) is 9.83 Å². The number of nitrogens with zero attached hydrogens (tertiary/aromatic N) is 5. The Hall–Kier alpha value is -4.51. The monoisotopic (exact) mass is 525 g/mol. The third-order valence-electron chi connectivity index (χ3n) is 6.63. The Balaban J connectivity index is 1.49. The van der Waals surface area contributed by atoms with Gasteiger partial charge in [-0.2, -0.15) is 4.31 Å². The maximum atomic E-state index is 13.7. The van der Waals surface area contributed by atoms with Crippen LogP contribution < -0.4 is 9.64 Å². The molecule has 5 rings (SSSR count). The fourth-order valence-corrected chi connectivity index (χ4v) is 6.52. The predicted octanol–water partition coefficient (Wildman–Crippen LogP) is 4.01. The molecular weight excluding hydrogens is 502 g/mol. The molecular formula is C28H23N5O4S. The van der Waals surface area contributed by atoms with Crippen LogP contribution in [-0.2, 0) is 21.4 Å². The number of amides is 1. The van der Waals surface area contributed by atoms with E-state index < -0.39 is 15.9 Å². The second-order valence-corrected chi connectivity index (χ2v) is 10.8. The van der Waals surface area contributed by atoms with Gasteiger partial charge in [-0.15, -0.1) is 0 Å². The van der Waals surface area contributed by atoms with Gasteiger partial charge in [0.2, 0.25) is 15.9 Å². The highest BCUT2D eigenvalue weighted by atomic mass is 32.2. The Morgan fingerprint density at radius 1 is 1.18 bits per heavy atom. The topological polar surface area (TPSA) is 108 Å². The molecule has 2 aromatic carbocycles. The zero-order valence-electron chi connectivity index (χ0n) is 20.3.